The number of benzene rings is 1. The maximum absolute atomic E-state index is 4.21. The van der Waals surface area contributed by atoms with Crippen molar-refractivity contribution in [1.29, 1.82) is 0 Å². The van der Waals surface area contributed by atoms with Crippen LogP contribution in [0.1, 0.15) is 0 Å². The third kappa shape index (κ3) is 1.72. The molecule has 2 rings (SSSR count). The molecule has 4 heteroatoms. The molecular weight excluding hydrogens is 182 g/mol. The summed E-state index contributed by atoms with van der Waals surface area (Å²) < 4.78 is 1.68. The highest BCUT2D eigenvalue weighted by atomic mass is 32.1. The van der Waals surface area contributed by atoms with Gasteiger partial charge in [-0.05, 0) is 12.1 Å². The van der Waals surface area contributed by atoms with Crippen LogP contribution in [-0.4, -0.2) is 15.0 Å². The molecule has 1 heterocycles. The second kappa shape index (κ2) is 3.22. The highest BCUT2D eigenvalue weighted by Gasteiger charge is 2.00. The van der Waals surface area contributed by atoms with Crippen molar-refractivity contribution >= 4 is 12.6 Å². The summed E-state index contributed by atoms with van der Waals surface area (Å²) in [5.41, 5.74) is 1.95. The average molecular weight is 191 g/mol. The molecule has 13 heavy (non-hydrogen) atoms. The van der Waals surface area contributed by atoms with E-state index < -0.39 is 0 Å². The maximum Gasteiger partial charge on any atom is 0.113 e. The molecule has 1 aromatic heterocycles. The van der Waals surface area contributed by atoms with Gasteiger partial charge in [-0.25, -0.2) is 0 Å². The van der Waals surface area contributed by atoms with Crippen LogP contribution in [0.25, 0.3) is 11.3 Å². The molecule has 2 aromatic rings. The van der Waals surface area contributed by atoms with Gasteiger partial charge in [-0.2, -0.15) is 0 Å². The summed E-state index contributed by atoms with van der Waals surface area (Å²) in [6.07, 6.45) is 1.88. The van der Waals surface area contributed by atoms with Crippen molar-refractivity contribution in [2.45, 2.75) is 4.90 Å². The lowest BCUT2D eigenvalue weighted by Gasteiger charge is -1.94. The van der Waals surface area contributed by atoms with Crippen molar-refractivity contribution in [2.75, 3.05) is 0 Å². The Morgan fingerprint density at radius 1 is 1.23 bits per heavy atom. The van der Waals surface area contributed by atoms with E-state index in [0.717, 1.165) is 16.2 Å². The predicted octanol–water partition coefficient (Wildman–Crippen LogP) is 1.77. The van der Waals surface area contributed by atoms with Gasteiger partial charge in [0.15, 0.2) is 0 Å². The fourth-order valence-corrected chi connectivity index (χ4v) is 1.26. The summed E-state index contributed by atoms with van der Waals surface area (Å²) in [6.45, 7) is 0. The molecule has 0 N–H and O–H groups in total. The SMILES string of the molecule is Cn1cc(-c2ccc(S)cc2)nn1. The van der Waals surface area contributed by atoms with Gasteiger partial charge in [-0.1, -0.05) is 17.3 Å². The van der Waals surface area contributed by atoms with Crippen molar-refractivity contribution in [3.63, 3.8) is 0 Å². The Labute approximate surface area is 81.8 Å². The van der Waals surface area contributed by atoms with Crippen LogP contribution in [-0.2, 0) is 7.05 Å². The zero-order valence-electron chi connectivity index (χ0n) is 7.18. The van der Waals surface area contributed by atoms with Crippen LogP contribution in [0.3, 0.4) is 0 Å². The minimum absolute atomic E-state index is 0.885. The van der Waals surface area contributed by atoms with Crippen molar-refractivity contribution in [2.24, 2.45) is 7.05 Å². The molecule has 0 fully saturated rings. The van der Waals surface area contributed by atoms with E-state index in [1.807, 2.05) is 37.5 Å². The Hall–Kier alpha value is -1.29. The van der Waals surface area contributed by atoms with Gasteiger partial charge >= 0.3 is 0 Å². The van der Waals surface area contributed by atoms with Gasteiger partial charge in [0.2, 0.25) is 0 Å². The van der Waals surface area contributed by atoms with E-state index in [9.17, 15) is 0 Å². The second-order valence-electron chi connectivity index (χ2n) is 2.82. The second-order valence-corrected chi connectivity index (χ2v) is 3.34. The highest BCUT2D eigenvalue weighted by molar-refractivity contribution is 7.80. The first-order valence-corrected chi connectivity index (χ1v) is 4.36. The van der Waals surface area contributed by atoms with Gasteiger partial charge in [-0.15, -0.1) is 17.7 Å². The van der Waals surface area contributed by atoms with Crippen molar-refractivity contribution in [3.05, 3.63) is 30.5 Å². The lowest BCUT2D eigenvalue weighted by molar-refractivity contribution is 0.715. The zero-order valence-corrected chi connectivity index (χ0v) is 8.07. The number of nitrogens with zero attached hydrogens (tertiary/aromatic N) is 3. The molecular formula is C9H9N3S. The molecule has 0 spiro atoms. The van der Waals surface area contributed by atoms with Crippen LogP contribution in [0.5, 0.6) is 0 Å². The third-order valence-electron chi connectivity index (χ3n) is 1.77. The van der Waals surface area contributed by atoms with Crippen LogP contribution >= 0.6 is 12.6 Å². The van der Waals surface area contributed by atoms with E-state index in [1.54, 1.807) is 4.68 Å². The standard InChI is InChI=1S/C9H9N3S/c1-12-6-9(10-11-12)7-2-4-8(13)5-3-7/h2-6,13H,1H3. The summed E-state index contributed by atoms with van der Waals surface area (Å²) in [7, 11) is 1.85. The molecule has 3 nitrogen and oxygen atoms in total. The Morgan fingerprint density at radius 2 is 1.92 bits per heavy atom. The van der Waals surface area contributed by atoms with Crippen molar-refractivity contribution in [1.82, 2.24) is 15.0 Å². The molecule has 0 bridgehead atoms. The molecule has 0 atom stereocenters. The van der Waals surface area contributed by atoms with E-state index in [4.69, 9.17) is 0 Å². The smallest absolute Gasteiger partial charge is 0.113 e. The predicted molar refractivity (Wildman–Crippen MR) is 53.7 cm³/mol. The molecule has 0 radical (unpaired) electrons. The molecule has 0 aliphatic rings. The van der Waals surface area contributed by atoms with Crippen LogP contribution in [0.2, 0.25) is 0 Å². The minimum Gasteiger partial charge on any atom is -0.255 e. The topological polar surface area (TPSA) is 30.7 Å². The molecule has 0 saturated heterocycles. The first kappa shape index (κ1) is 8.31. The quantitative estimate of drug-likeness (QED) is 0.696. The van der Waals surface area contributed by atoms with E-state index in [0.29, 0.717) is 0 Å². The van der Waals surface area contributed by atoms with E-state index in [2.05, 4.69) is 22.9 Å². The van der Waals surface area contributed by atoms with E-state index >= 15 is 0 Å². The van der Waals surface area contributed by atoms with Crippen LogP contribution in [0.15, 0.2) is 35.4 Å². The van der Waals surface area contributed by atoms with Gasteiger partial charge < -0.3 is 0 Å². The Kier molecular flexibility index (Phi) is 2.06. The number of rotatable bonds is 1. The number of aromatic nitrogens is 3. The van der Waals surface area contributed by atoms with Crippen molar-refractivity contribution < 1.29 is 0 Å². The molecule has 0 unspecified atom stereocenters. The number of thiol groups is 1. The van der Waals surface area contributed by atoms with Crippen molar-refractivity contribution in [3.8, 4) is 11.3 Å². The average Bonchev–Trinajstić information content (AvgIpc) is 2.53. The summed E-state index contributed by atoms with van der Waals surface area (Å²) in [5, 5.41) is 7.87. The molecule has 0 amide bonds. The molecule has 0 saturated carbocycles. The lowest BCUT2D eigenvalue weighted by atomic mass is 10.2. The number of hydrogen-bond acceptors (Lipinski definition) is 3. The van der Waals surface area contributed by atoms with Gasteiger partial charge in [-0.3, -0.25) is 4.68 Å². The number of hydrogen-bond donors (Lipinski definition) is 1. The normalized spacial score (nSPS) is 10.3. The van der Waals surface area contributed by atoms with Gasteiger partial charge in [0, 0.05) is 17.5 Å². The highest BCUT2D eigenvalue weighted by Crippen LogP contribution is 2.17. The lowest BCUT2D eigenvalue weighted by Crippen LogP contribution is -1.85. The largest absolute Gasteiger partial charge is 0.255 e. The first-order valence-electron chi connectivity index (χ1n) is 3.91. The maximum atomic E-state index is 4.21. The van der Waals surface area contributed by atoms with E-state index in [1.165, 1.54) is 0 Å². The summed E-state index contributed by atoms with van der Waals surface area (Å²) >= 11 is 4.21. The van der Waals surface area contributed by atoms with Gasteiger partial charge in [0.25, 0.3) is 0 Å². The summed E-state index contributed by atoms with van der Waals surface area (Å²) in [6, 6.07) is 7.83. The summed E-state index contributed by atoms with van der Waals surface area (Å²) in [4.78, 5) is 0.952. The Morgan fingerprint density at radius 3 is 2.46 bits per heavy atom. The fraction of sp³-hybridized carbons (Fsp3) is 0.111. The zero-order chi connectivity index (χ0) is 9.26. The Balaban J connectivity index is 2.41. The first-order chi connectivity index (χ1) is 6.25. The van der Waals surface area contributed by atoms with Gasteiger partial charge in [0.1, 0.15) is 5.69 Å². The van der Waals surface area contributed by atoms with Crippen LogP contribution in [0, 0.1) is 0 Å². The Bertz CT molecular complexity index is 405. The molecule has 0 aliphatic heterocycles. The van der Waals surface area contributed by atoms with E-state index in [-0.39, 0.29) is 0 Å². The molecule has 1 aromatic carbocycles. The van der Waals surface area contributed by atoms with Crippen LogP contribution < -0.4 is 0 Å². The third-order valence-corrected chi connectivity index (χ3v) is 2.06. The van der Waals surface area contributed by atoms with Gasteiger partial charge in [0.05, 0.1) is 6.20 Å². The molecule has 66 valence electrons. The number of aryl methyl sites for hydroxylation is 1. The monoisotopic (exact) mass is 191 g/mol. The minimum atomic E-state index is 0.885. The molecule has 0 aliphatic carbocycles. The summed E-state index contributed by atoms with van der Waals surface area (Å²) in [5.74, 6) is 0. The van der Waals surface area contributed by atoms with Crippen LogP contribution in [0.4, 0.5) is 0 Å². The fourth-order valence-electron chi connectivity index (χ4n) is 1.11.